The first-order chi connectivity index (χ1) is 8.54. The van der Waals surface area contributed by atoms with Crippen LogP contribution >= 0.6 is 0 Å². The van der Waals surface area contributed by atoms with Crippen molar-refractivity contribution in [2.24, 2.45) is 7.05 Å². The normalized spacial score (nSPS) is 10.9. The lowest BCUT2D eigenvalue weighted by Crippen LogP contribution is -2.10. The van der Waals surface area contributed by atoms with E-state index >= 15 is 0 Å². The molecule has 1 heterocycles. The van der Waals surface area contributed by atoms with E-state index < -0.39 is 11.6 Å². The van der Waals surface area contributed by atoms with Crippen molar-refractivity contribution in [3.63, 3.8) is 0 Å². The summed E-state index contributed by atoms with van der Waals surface area (Å²) >= 11 is 0. The number of aromatic nitrogens is 2. The number of hydrogen-bond acceptors (Lipinski definition) is 2. The molecule has 0 bridgehead atoms. The lowest BCUT2D eigenvalue weighted by molar-refractivity contribution is 0.509. The summed E-state index contributed by atoms with van der Waals surface area (Å²) in [5.74, 6) is -0.868. The predicted octanol–water partition coefficient (Wildman–Crippen LogP) is 2.39. The van der Waals surface area contributed by atoms with Gasteiger partial charge in [0.05, 0.1) is 11.4 Å². The Balaban J connectivity index is 2.55. The number of rotatable bonds is 3. The van der Waals surface area contributed by atoms with Crippen molar-refractivity contribution in [3.05, 3.63) is 41.4 Å². The second-order valence-electron chi connectivity index (χ2n) is 4.17. The SMILES string of the molecule is CNCc1c(-c2ccc(F)c(F)c2)nc(C)n1C. The lowest BCUT2D eigenvalue weighted by atomic mass is 10.1. The number of hydrogen-bond donors (Lipinski definition) is 1. The van der Waals surface area contributed by atoms with Gasteiger partial charge in [-0.15, -0.1) is 0 Å². The van der Waals surface area contributed by atoms with Gasteiger partial charge in [-0.2, -0.15) is 0 Å². The molecule has 2 rings (SSSR count). The molecule has 1 aromatic heterocycles. The first kappa shape index (κ1) is 12.7. The van der Waals surface area contributed by atoms with Crippen LogP contribution in [0.25, 0.3) is 11.3 Å². The number of nitrogens with one attached hydrogen (secondary N) is 1. The van der Waals surface area contributed by atoms with Crippen LogP contribution in [0.5, 0.6) is 0 Å². The Bertz CT molecular complexity index is 576. The van der Waals surface area contributed by atoms with Crippen molar-refractivity contribution < 1.29 is 8.78 Å². The maximum absolute atomic E-state index is 13.3. The van der Waals surface area contributed by atoms with E-state index in [1.54, 1.807) is 6.07 Å². The number of halogens is 2. The van der Waals surface area contributed by atoms with Crippen molar-refractivity contribution >= 4 is 0 Å². The molecule has 0 spiro atoms. The van der Waals surface area contributed by atoms with Crippen LogP contribution in [0.2, 0.25) is 0 Å². The quantitative estimate of drug-likeness (QED) is 0.907. The van der Waals surface area contributed by atoms with Gasteiger partial charge >= 0.3 is 0 Å². The van der Waals surface area contributed by atoms with E-state index in [4.69, 9.17) is 0 Å². The average Bonchev–Trinajstić information content (AvgIpc) is 2.61. The highest BCUT2D eigenvalue weighted by Gasteiger charge is 2.14. The molecule has 0 saturated carbocycles. The molecule has 1 aromatic carbocycles. The van der Waals surface area contributed by atoms with Gasteiger partial charge < -0.3 is 9.88 Å². The van der Waals surface area contributed by atoms with Crippen LogP contribution in [0.1, 0.15) is 11.5 Å². The van der Waals surface area contributed by atoms with Crippen LogP contribution < -0.4 is 5.32 Å². The van der Waals surface area contributed by atoms with E-state index in [1.165, 1.54) is 6.07 Å². The zero-order valence-corrected chi connectivity index (χ0v) is 10.6. The van der Waals surface area contributed by atoms with Gasteiger partial charge in [0, 0.05) is 19.2 Å². The van der Waals surface area contributed by atoms with E-state index in [1.807, 2.05) is 25.6 Å². The number of nitrogens with zero attached hydrogens (tertiary/aromatic N) is 2. The second-order valence-corrected chi connectivity index (χ2v) is 4.17. The minimum Gasteiger partial charge on any atom is -0.334 e. The fourth-order valence-corrected chi connectivity index (χ4v) is 1.90. The largest absolute Gasteiger partial charge is 0.334 e. The van der Waals surface area contributed by atoms with Crippen LogP contribution in [0, 0.1) is 18.6 Å². The monoisotopic (exact) mass is 251 g/mol. The smallest absolute Gasteiger partial charge is 0.159 e. The van der Waals surface area contributed by atoms with Gasteiger partial charge in [-0.25, -0.2) is 13.8 Å². The fraction of sp³-hybridized carbons (Fsp3) is 0.308. The number of imidazole rings is 1. The molecule has 0 radical (unpaired) electrons. The van der Waals surface area contributed by atoms with E-state index in [0.29, 0.717) is 17.8 Å². The Hall–Kier alpha value is -1.75. The van der Waals surface area contributed by atoms with Gasteiger partial charge in [-0.1, -0.05) is 0 Å². The molecular weight excluding hydrogens is 236 g/mol. The lowest BCUT2D eigenvalue weighted by Gasteiger charge is -2.06. The molecule has 0 atom stereocenters. The number of benzene rings is 1. The van der Waals surface area contributed by atoms with Crippen molar-refractivity contribution in [2.45, 2.75) is 13.5 Å². The first-order valence-corrected chi connectivity index (χ1v) is 5.66. The fourth-order valence-electron chi connectivity index (χ4n) is 1.90. The van der Waals surface area contributed by atoms with E-state index in [-0.39, 0.29) is 0 Å². The second kappa shape index (κ2) is 4.86. The van der Waals surface area contributed by atoms with E-state index in [0.717, 1.165) is 17.6 Å². The third-order valence-electron chi connectivity index (χ3n) is 2.97. The highest BCUT2D eigenvalue weighted by Crippen LogP contribution is 2.25. The predicted molar refractivity (Wildman–Crippen MR) is 66.1 cm³/mol. The highest BCUT2D eigenvalue weighted by molar-refractivity contribution is 5.62. The molecule has 0 aliphatic rings. The first-order valence-electron chi connectivity index (χ1n) is 5.66. The Morgan fingerprint density at radius 3 is 2.61 bits per heavy atom. The van der Waals surface area contributed by atoms with Gasteiger partial charge in [0.15, 0.2) is 11.6 Å². The minimum atomic E-state index is -0.855. The molecule has 2 aromatic rings. The van der Waals surface area contributed by atoms with Gasteiger partial charge in [0.25, 0.3) is 0 Å². The zero-order valence-electron chi connectivity index (χ0n) is 10.6. The molecule has 0 aliphatic heterocycles. The Labute approximate surface area is 104 Å². The van der Waals surface area contributed by atoms with Crippen molar-refractivity contribution in [3.8, 4) is 11.3 Å². The molecule has 0 fully saturated rings. The summed E-state index contributed by atoms with van der Waals surface area (Å²) in [5.41, 5.74) is 2.21. The minimum absolute atomic E-state index is 0.586. The Morgan fingerprint density at radius 2 is 2.00 bits per heavy atom. The summed E-state index contributed by atoms with van der Waals surface area (Å²) in [6.07, 6.45) is 0. The molecule has 5 heteroatoms. The van der Waals surface area contributed by atoms with Crippen LogP contribution in [0.15, 0.2) is 18.2 Å². The van der Waals surface area contributed by atoms with Crippen LogP contribution in [0.3, 0.4) is 0 Å². The molecule has 3 nitrogen and oxygen atoms in total. The van der Waals surface area contributed by atoms with Gasteiger partial charge in [0.1, 0.15) is 5.82 Å². The summed E-state index contributed by atoms with van der Waals surface area (Å²) in [6, 6.07) is 3.84. The van der Waals surface area contributed by atoms with E-state index in [2.05, 4.69) is 10.3 Å². The topological polar surface area (TPSA) is 29.9 Å². The zero-order chi connectivity index (χ0) is 13.3. The van der Waals surface area contributed by atoms with Gasteiger partial charge in [0.2, 0.25) is 0 Å². The van der Waals surface area contributed by atoms with Crippen LogP contribution in [-0.2, 0) is 13.6 Å². The molecule has 18 heavy (non-hydrogen) atoms. The summed E-state index contributed by atoms with van der Waals surface area (Å²) < 4.78 is 28.1. The van der Waals surface area contributed by atoms with Crippen molar-refractivity contribution in [2.75, 3.05) is 7.05 Å². The van der Waals surface area contributed by atoms with E-state index in [9.17, 15) is 8.78 Å². The summed E-state index contributed by atoms with van der Waals surface area (Å²) in [7, 11) is 3.73. The molecular formula is C13H15F2N3. The summed E-state index contributed by atoms with van der Waals surface area (Å²) in [5, 5.41) is 3.05. The summed E-state index contributed by atoms with van der Waals surface area (Å²) in [6.45, 7) is 2.49. The highest BCUT2D eigenvalue weighted by atomic mass is 19.2. The Morgan fingerprint density at radius 1 is 1.28 bits per heavy atom. The van der Waals surface area contributed by atoms with Gasteiger partial charge in [-0.05, 0) is 32.2 Å². The van der Waals surface area contributed by atoms with Gasteiger partial charge in [-0.3, -0.25) is 0 Å². The maximum Gasteiger partial charge on any atom is 0.159 e. The Kier molecular flexibility index (Phi) is 3.43. The van der Waals surface area contributed by atoms with Crippen molar-refractivity contribution in [1.29, 1.82) is 0 Å². The average molecular weight is 251 g/mol. The third kappa shape index (κ3) is 2.13. The molecule has 1 N–H and O–H groups in total. The molecule has 0 aliphatic carbocycles. The molecule has 96 valence electrons. The maximum atomic E-state index is 13.3. The van der Waals surface area contributed by atoms with Crippen molar-refractivity contribution in [1.82, 2.24) is 14.9 Å². The molecule has 0 saturated heterocycles. The van der Waals surface area contributed by atoms with Crippen LogP contribution in [-0.4, -0.2) is 16.6 Å². The third-order valence-corrected chi connectivity index (χ3v) is 2.97. The number of aryl methyl sites for hydroxylation is 1. The molecule has 0 unspecified atom stereocenters. The van der Waals surface area contributed by atoms with Crippen LogP contribution in [0.4, 0.5) is 8.78 Å². The summed E-state index contributed by atoms with van der Waals surface area (Å²) in [4.78, 5) is 4.40. The standard InChI is InChI=1S/C13H15F2N3/c1-8-17-13(12(7-16-2)18(8)3)9-4-5-10(14)11(15)6-9/h4-6,16H,7H2,1-3H3. The molecule has 0 amide bonds.